The smallest absolute Gasteiger partial charge is 0.344 e. The lowest BCUT2D eigenvalue weighted by atomic mass is 9.75. The number of carbonyl (C=O) groups excluding carboxylic acids is 2. The lowest BCUT2D eigenvalue weighted by molar-refractivity contribution is -0.166. The number of ether oxygens (including phenoxy) is 2. The highest BCUT2D eigenvalue weighted by Gasteiger charge is 2.33. The normalized spacial score (nSPS) is 22.3. The first-order chi connectivity index (χ1) is 13.6. The minimum absolute atomic E-state index is 0.0569. The van der Waals surface area contributed by atoms with Crippen LogP contribution in [0, 0.1) is 24.7 Å². The molecule has 29 heavy (non-hydrogen) atoms. The molecule has 0 saturated heterocycles. The zero-order valence-corrected chi connectivity index (χ0v) is 18.3. The van der Waals surface area contributed by atoms with Crippen molar-refractivity contribution in [2.24, 2.45) is 17.8 Å². The first-order valence-corrected chi connectivity index (χ1v) is 11.5. The molecule has 0 heterocycles. The molecule has 1 aliphatic rings. The summed E-state index contributed by atoms with van der Waals surface area (Å²) in [6.07, 6.45) is 2.76. The molecule has 2 rings (SSSR count). The first kappa shape index (κ1) is 23.3. The van der Waals surface area contributed by atoms with Gasteiger partial charge in [-0.15, -0.1) is 0 Å². The predicted molar refractivity (Wildman–Crippen MR) is 109 cm³/mol. The maximum Gasteiger partial charge on any atom is 0.344 e. The van der Waals surface area contributed by atoms with Crippen LogP contribution >= 0.6 is 0 Å². The second-order valence-electron chi connectivity index (χ2n) is 8.15. The zero-order valence-electron chi connectivity index (χ0n) is 17.5. The Balaban J connectivity index is 1.79. The third-order valence-electron chi connectivity index (χ3n) is 5.33. The van der Waals surface area contributed by atoms with E-state index in [0.717, 1.165) is 24.8 Å². The molecule has 3 atom stereocenters. The Hall–Kier alpha value is -1.93. The number of esters is 2. The standard InChI is InChI=1S/C21H31NO6S/c1-14(2)18-10-7-16(4)11-19(18)28-21(24)13-27-20(23)12-22-29(25,26)17-8-5-15(3)6-9-17/h5-6,8-9,14,16,18-19,22H,7,10-13H2,1-4H3. The molecule has 0 amide bonds. The summed E-state index contributed by atoms with van der Waals surface area (Å²) in [6, 6.07) is 6.24. The van der Waals surface area contributed by atoms with Crippen LogP contribution in [0.25, 0.3) is 0 Å². The van der Waals surface area contributed by atoms with Crippen LogP contribution in [0.2, 0.25) is 0 Å². The number of hydrogen-bond acceptors (Lipinski definition) is 6. The number of rotatable bonds is 8. The van der Waals surface area contributed by atoms with Crippen LogP contribution in [0.1, 0.15) is 45.6 Å². The van der Waals surface area contributed by atoms with E-state index in [-0.39, 0.29) is 11.0 Å². The molecular formula is C21H31NO6S. The van der Waals surface area contributed by atoms with Gasteiger partial charge in [0.25, 0.3) is 0 Å². The quantitative estimate of drug-likeness (QED) is 0.643. The fourth-order valence-corrected chi connectivity index (χ4v) is 4.57. The molecule has 1 fully saturated rings. The number of aryl methyl sites for hydroxylation is 1. The van der Waals surface area contributed by atoms with Crippen LogP contribution < -0.4 is 4.72 Å². The zero-order chi connectivity index (χ0) is 21.6. The highest BCUT2D eigenvalue weighted by atomic mass is 32.2. The van der Waals surface area contributed by atoms with Gasteiger partial charge >= 0.3 is 11.9 Å². The van der Waals surface area contributed by atoms with E-state index in [1.807, 2.05) is 6.92 Å². The largest absolute Gasteiger partial charge is 0.460 e. The van der Waals surface area contributed by atoms with E-state index in [4.69, 9.17) is 9.47 Å². The van der Waals surface area contributed by atoms with Gasteiger partial charge in [0.2, 0.25) is 10.0 Å². The molecule has 0 spiro atoms. The molecule has 1 saturated carbocycles. The number of hydrogen-bond donors (Lipinski definition) is 1. The Bertz CT molecular complexity index is 803. The second-order valence-corrected chi connectivity index (χ2v) is 9.92. The van der Waals surface area contributed by atoms with Crippen LogP contribution in [-0.2, 0) is 29.1 Å². The van der Waals surface area contributed by atoms with Crippen LogP contribution in [-0.4, -0.2) is 39.6 Å². The molecule has 3 unspecified atom stereocenters. The van der Waals surface area contributed by atoms with E-state index in [9.17, 15) is 18.0 Å². The van der Waals surface area contributed by atoms with Crippen molar-refractivity contribution in [3.8, 4) is 0 Å². The van der Waals surface area contributed by atoms with E-state index in [0.29, 0.717) is 17.8 Å². The Morgan fingerprint density at radius 3 is 2.41 bits per heavy atom. The van der Waals surface area contributed by atoms with E-state index in [2.05, 4.69) is 25.5 Å². The maximum absolute atomic E-state index is 12.2. The van der Waals surface area contributed by atoms with E-state index in [1.54, 1.807) is 12.1 Å². The average molecular weight is 426 g/mol. The molecule has 7 nitrogen and oxygen atoms in total. The first-order valence-electron chi connectivity index (χ1n) is 10.00. The van der Waals surface area contributed by atoms with Crippen molar-refractivity contribution < 1.29 is 27.5 Å². The van der Waals surface area contributed by atoms with Gasteiger partial charge in [-0.2, -0.15) is 4.72 Å². The van der Waals surface area contributed by atoms with E-state index in [1.165, 1.54) is 12.1 Å². The summed E-state index contributed by atoms with van der Waals surface area (Å²) in [7, 11) is -3.82. The maximum atomic E-state index is 12.2. The predicted octanol–water partition coefficient (Wildman–Crippen LogP) is 2.82. The van der Waals surface area contributed by atoms with Crippen LogP contribution in [0.5, 0.6) is 0 Å². The number of sulfonamides is 1. The fourth-order valence-electron chi connectivity index (χ4n) is 3.60. The molecule has 0 aromatic heterocycles. The Kier molecular flexibility index (Phi) is 8.22. The van der Waals surface area contributed by atoms with Crippen LogP contribution in [0.4, 0.5) is 0 Å². The summed E-state index contributed by atoms with van der Waals surface area (Å²) in [5.41, 5.74) is 0.925. The fraction of sp³-hybridized carbons (Fsp3) is 0.619. The van der Waals surface area contributed by atoms with Crippen molar-refractivity contribution in [3.05, 3.63) is 29.8 Å². The molecule has 1 aliphatic carbocycles. The van der Waals surface area contributed by atoms with Crippen molar-refractivity contribution in [1.82, 2.24) is 4.72 Å². The van der Waals surface area contributed by atoms with Gasteiger partial charge in [-0.3, -0.25) is 4.79 Å². The molecule has 162 valence electrons. The minimum atomic E-state index is -3.82. The molecule has 0 radical (unpaired) electrons. The lowest BCUT2D eigenvalue weighted by Crippen LogP contribution is -2.37. The summed E-state index contributed by atoms with van der Waals surface area (Å²) in [6.45, 7) is 7.12. The van der Waals surface area contributed by atoms with Crippen molar-refractivity contribution in [2.45, 2.75) is 58.0 Å². The van der Waals surface area contributed by atoms with Crippen LogP contribution in [0.15, 0.2) is 29.2 Å². The third kappa shape index (κ3) is 7.12. The van der Waals surface area contributed by atoms with Gasteiger partial charge in [0, 0.05) is 0 Å². The van der Waals surface area contributed by atoms with Gasteiger partial charge in [-0.05, 0) is 49.7 Å². The highest BCUT2D eigenvalue weighted by Crippen LogP contribution is 2.35. The van der Waals surface area contributed by atoms with Crippen LogP contribution in [0.3, 0.4) is 0 Å². The van der Waals surface area contributed by atoms with Gasteiger partial charge < -0.3 is 9.47 Å². The Labute approximate surface area is 173 Å². The molecule has 1 aromatic rings. The summed E-state index contributed by atoms with van der Waals surface area (Å²) >= 11 is 0. The molecule has 1 aromatic carbocycles. The van der Waals surface area contributed by atoms with Crippen molar-refractivity contribution in [2.75, 3.05) is 13.2 Å². The molecule has 8 heteroatoms. The van der Waals surface area contributed by atoms with Gasteiger partial charge in [-0.1, -0.05) is 44.9 Å². The molecule has 0 aliphatic heterocycles. The topological polar surface area (TPSA) is 98.8 Å². The third-order valence-corrected chi connectivity index (χ3v) is 6.75. The monoisotopic (exact) mass is 425 g/mol. The average Bonchev–Trinajstić information content (AvgIpc) is 2.65. The summed E-state index contributed by atoms with van der Waals surface area (Å²) in [4.78, 5) is 24.0. The molecule has 1 N–H and O–H groups in total. The van der Waals surface area contributed by atoms with Gasteiger partial charge in [-0.25, -0.2) is 13.2 Å². The van der Waals surface area contributed by atoms with Crippen molar-refractivity contribution in [1.29, 1.82) is 0 Å². The Morgan fingerprint density at radius 1 is 1.14 bits per heavy atom. The molecular weight excluding hydrogens is 394 g/mol. The number of carbonyl (C=O) groups is 2. The minimum Gasteiger partial charge on any atom is -0.460 e. The highest BCUT2D eigenvalue weighted by molar-refractivity contribution is 7.89. The van der Waals surface area contributed by atoms with Gasteiger partial charge in [0.15, 0.2) is 6.61 Å². The van der Waals surface area contributed by atoms with Gasteiger partial charge in [0.05, 0.1) is 4.90 Å². The second kappa shape index (κ2) is 10.2. The summed E-state index contributed by atoms with van der Waals surface area (Å²) < 4.78 is 36.9. The summed E-state index contributed by atoms with van der Waals surface area (Å²) in [5, 5.41) is 0. The van der Waals surface area contributed by atoms with E-state index < -0.39 is 35.1 Å². The number of nitrogens with one attached hydrogen (secondary N) is 1. The van der Waals surface area contributed by atoms with Crippen molar-refractivity contribution >= 4 is 22.0 Å². The lowest BCUT2D eigenvalue weighted by Gasteiger charge is -2.36. The number of benzene rings is 1. The summed E-state index contributed by atoms with van der Waals surface area (Å²) in [5.74, 6) is -0.257. The SMILES string of the molecule is Cc1ccc(S(=O)(=O)NCC(=O)OCC(=O)OC2CC(C)CCC2C(C)C)cc1. The molecule has 0 bridgehead atoms. The van der Waals surface area contributed by atoms with E-state index >= 15 is 0 Å². The van der Waals surface area contributed by atoms with Gasteiger partial charge in [0.1, 0.15) is 12.6 Å². The van der Waals surface area contributed by atoms with Crippen molar-refractivity contribution in [3.63, 3.8) is 0 Å². The Morgan fingerprint density at radius 2 is 1.79 bits per heavy atom.